The number of hydrogen-bond acceptors (Lipinski definition) is 5. The molecule has 1 aromatic rings. The largest absolute Gasteiger partial charge is 0.493 e. The van der Waals surface area contributed by atoms with Crippen molar-refractivity contribution in [1.29, 1.82) is 0 Å². The van der Waals surface area contributed by atoms with Crippen LogP contribution in [0, 0.1) is 0 Å². The molecule has 0 fully saturated rings. The second kappa shape index (κ2) is 6.76. The Morgan fingerprint density at radius 3 is 2.30 bits per heavy atom. The van der Waals surface area contributed by atoms with Crippen LogP contribution in [0.3, 0.4) is 0 Å². The van der Waals surface area contributed by atoms with Gasteiger partial charge in [0, 0.05) is 12.6 Å². The van der Waals surface area contributed by atoms with Crippen LogP contribution in [0.5, 0.6) is 11.5 Å². The Morgan fingerprint density at radius 2 is 1.78 bits per heavy atom. The fourth-order valence-corrected chi connectivity index (χ4v) is 2.76. The Morgan fingerprint density at radius 1 is 1.17 bits per heavy atom. The van der Waals surface area contributed by atoms with E-state index in [1.165, 1.54) is 19.1 Å². The average molecular weight is 322 g/mol. The number of anilines is 1. The van der Waals surface area contributed by atoms with E-state index in [-0.39, 0.29) is 12.5 Å². The highest BCUT2D eigenvalue weighted by Crippen LogP contribution is 2.39. The van der Waals surface area contributed by atoms with E-state index in [2.05, 4.69) is 0 Å². The maximum absolute atomic E-state index is 12.7. The Kier molecular flexibility index (Phi) is 4.98. The molecule has 2 rings (SSSR count). The average Bonchev–Trinajstić information content (AvgIpc) is 2.54. The Balaban J connectivity index is 2.64. The van der Waals surface area contributed by atoms with Crippen LogP contribution in [0.4, 0.5) is 10.5 Å². The molecule has 1 aliphatic heterocycles. The summed E-state index contributed by atoms with van der Waals surface area (Å²) in [6.45, 7) is 6.13. The quantitative estimate of drug-likeness (QED) is 0.852. The van der Waals surface area contributed by atoms with E-state index in [9.17, 15) is 9.59 Å². The van der Waals surface area contributed by atoms with Gasteiger partial charge < -0.3 is 19.1 Å². The lowest BCUT2D eigenvalue weighted by molar-refractivity contribution is 0.0670. The van der Waals surface area contributed by atoms with Gasteiger partial charge >= 0.3 is 6.09 Å². The molecule has 0 saturated heterocycles. The van der Waals surface area contributed by atoms with Gasteiger partial charge in [0.25, 0.3) is 5.91 Å². The maximum atomic E-state index is 12.7. The molecule has 1 aliphatic rings. The van der Waals surface area contributed by atoms with Gasteiger partial charge in [-0.1, -0.05) is 0 Å². The van der Waals surface area contributed by atoms with Gasteiger partial charge in [-0.25, -0.2) is 4.79 Å². The predicted molar refractivity (Wildman–Crippen MR) is 85.2 cm³/mol. The predicted octanol–water partition coefficient (Wildman–Crippen LogP) is 2.49. The summed E-state index contributed by atoms with van der Waals surface area (Å²) >= 11 is 0. The molecule has 1 atom stereocenters. The number of carbonyl (C=O) groups excluding carboxylic acids is 2. The number of fused-ring (bicyclic) bond motifs is 1. The lowest BCUT2D eigenvalue weighted by Crippen LogP contribution is -2.56. The smallest absolute Gasteiger partial charge is 0.416 e. The van der Waals surface area contributed by atoms with Crippen LogP contribution in [0.25, 0.3) is 0 Å². The summed E-state index contributed by atoms with van der Waals surface area (Å²) in [5.41, 5.74) is 0.846. The standard InChI is InChI=1S/C16H22N2O5/c1-6-17-10(3)18(16(20)23-7-2)12-9-14(22-5)13(21-4)8-11(12)15(17)19/h8-10H,6-7H2,1-5H3. The molecular formula is C16H22N2O5. The molecule has 7 nitrogen and oxygen atoms in total. The minimum absolute atomic E-state index is 0.156. The molecule has 7 heteroatoms. The van der Waals surface area contributed by atoms with Crippen LogP contribution >= 0.6 is 0 Å². The lowest BCUT2D eigenvalue weighted by atomic mass is 10.0. The van der Waals surface area contributed by atoms with Crippen molar-refractivity contribution in [2.75, 3.05) is 32.3 Å². The van der Waals surface area contributed by atoms with Crippen LogP contribution < -0.4 is 14.4 Å². The van der Waals surface area contributed by atoms with Gasteiger partial charge in [-0.2, -0.15) is 0 Å². The van der Waals surface area contributed by atoms with E-state index in [0.29, 0.717) is 29.3 Å². The molecule has 1 unspecified atom stereocenters. The molecule has 1 heterocycles. The molecule has 0 aromatic heterocycles. The van der Waals surface area contributed by atoms with E-state index < -0.39 is 12.3 Å². The van der Waals surface area contributed by atoms with Crippen molar-refractivity contribution >= 4 is 17.7 Å². The number of rotatable bonds is 4. The fraction of sp³-hybridized carbons (Fsp3) is 0.500. The van der Waals surface area contributed by atoms with Crippen molar-refractivity contribution in [2.24, 2.45) is 0 Å². The first-order valence-electron chi connectivity index (χ1n) is 7.53. The minimum atomic E-state index is -0.501. The summed E-state index contributed by atoms with van der Waals surface area (Å²) in [7, 11) is 3.01. The molecule has 2 amide bonds. The van der Waals surface area contributed by atoms with E-state index in [1.54, 1.807) is 30.9 Å². The van der Waals surface area contributed by atoms with Gasteiger partial charge in [0.2, 0.25) is 0 Å². The van der Waals surface area contributed by atoms with Crippen LogP contribution in [0.1, 0.15) is 31.1 Å². The first kappa shape index (κ1) is 16.9. The number of carbonyl (C=O) groups is 2. The van der Waals surface area contributed by atoms with Crippen molar-refractivity contribution in [3.05, 3.63) is 17.7 Å². The normalized spacial score (nSPS) is 16.9. The zero-order valence-corrected chi connectivity index (χ0v) is 14.1. The summed E-state index contributed by atoms with van der Waals surface area (Å²) in [5, 5.41) is 0. The molecule has 1 aromatic carbocycles. The van der Waals surface area contributed by atoms with Gasteiger partial charge in [-0.3, -0.25) is 9.69 Å². The number of methoxy groups -OCH3 is 2. The third-order valence-electron chi connectivity index (χ3n) is 3.88. The Hall–Kier alpha value is -2.44. The SMILES string of the molecule is CCOC(=O)N1c2cc(OC)c(OC)cc2C(=O)N(CC)C1C. The number of hydrogen-bond donors (Lipinski definition) is 0. The maximum Gasteiger partial charge on any atom is 0.416 e. The summed E-state index contributed by atoms with van der Waals surface area (Å²) in [4.78, 5) is 28.2. The molecule has 0 N–H and O–H groups in total. The fourth-order valence-electron chi connectivity index (χ4n) is 2.76. The third-order valence-corrected chi connectivity index (χ3v) is 3.88. The zero-order valence-electron chi connectivity index (χ0n) is 14.1. The van der Waals surface area contributed by atoms with Crippen molar-refractivity contribution in [2.45, 2.75) is 26.9 Å². The molecule has 0 bridgehead atoms. The van der Waals surface area contributed by atoms with Crippen molar-refractivity contribution in [3.63, 3.8) is 0 Å². The summed E-state index contributed by atoms with van der Waals surface area (Å²) in [6, 6.07) is 3.23. The first-order valence-corrected chi connectivity index (χ1v) is 7.53. The van der Waals surface area contributed by atoms with E-state index >= 15 is 0 Å². The molecule has 0 aliphatic carbocycles. The van der Waals surface area contributed by atoms with Crippen molar-refractivity contribution < 1.29 is 23.8 Å². The Labute approximate surface area is 135 Å². The molecule has 0 saturated carbocycles. The zero-order chi connectivity index (χ0) is 17.1. The van der Waals surface area contributed by atoms with Gasteiger partial charge in [0.1, 0.15) is 6.17 Å². The van der Waals surface area contributed by atoms with Gasteiger partial charge in [-0.15, -0.1) is 0 Å². The van der Waals surface area contributed by atoms with E-state index in [1.807, 2.05) is 6.92 Å². The van der Waals surface area contributed by atoms with Gasteiger partial charge in [0.15, 0.2) is 11.5 Å². The third kappa shape index (κ3) is 2.78. The molecular weight excluding hydrogens is 300 g/mol. The first-order chi connectivity index (χ1) is 11.0. The minimum Gasteiger partial charge on any atom is -0.493 e. The van der Waals surface area contributed by atoms with Crippen LogP contribution in [0.2, 0.25) is 0 Å². The van der Waals surface area contributed by atoms with Crippen molar-refractivity contribution in [3.8, 4) is 11.5 Å². The summed E-state index contributed by atoms with van der Waals surface area (Å²) < 4.78 is 15.7. The topological polar surface area (TPSA) is 68.3 Å². The van der Waals surface area contributed by atoms with Crippen LogP contribution in [-0.2, 0) is 4.74 Å². The van der Waals surface area contributed by atoms with Gasteiger partial charge in [0.05, 0.1) is 32.1 Å². The molecule has 23 heavy (non-hydrogen) atoms. The Bertz CT molecular complexity index is 617. The monoisotopic (exact) mass is 322 g/mol. The van der Waals surface area contributed by atoms with Crippen LogP contribution in [-0.4, -0.2) is 50.4 Å². The number of nitrogens with zero attached hydrogens (tertiary/aromatic N) is 2. The molecule has 0 spiro atoms. The number of benzene rings is 1. The lowest BCUT2D eigenvalue weighted by Gasteiger charge is -2.41. The molecule has 0 radical (unpaired) electrons. The second-order valence-electron chi connectivity index (χ2n) is 5.02. The summed E-state index contributed by atoms with van der Waals surface area (Å²) in [6.07, 6.45) is -0.948. The number of ether oxygens (including phenoxy) is 3. The number of amides is 2. The van der Waals surface area contributed by atoms with Crippen LogP contribution in [0.15, 0.2) is 12.1 Å². The highest BCUT2D eigenvalue weighted by atomic mass is 16.6. The van der Waals surface area contributed by atoms with E-state index in [4.69, 9.17) is 14.2 Å². The highest BCUT2D eigenvalue weighted by molar-refractivity contribution is 6.07. The molecule has 126 valence electrons. The highest BCUT2D eigenvalue weighted by Gasteiger charge is 2.39. The van der Waals surface area contributed by atoms with Crippen molar-refractivity contribution in [1.82, 2.24) is 4.90 Å². The second-order valence-corrected chi connectivity index (χ2v) is 5.02. The van der Waals surface area contributed by atoms with E-state index in [0.717, 1.165) is 0 Å². The van der Waals surface area contributed by atoms with Gasteiger partial charge in [-0.05, 0) is 26.8 Å². The summed E-state index contributed by atoms with van der Waals surface area (Å²) in [5.74, 6) is 0.732.